The molecule has 0 amide bonds. The minimum Gasteiger partial charge on any atom is -0.454 e. The van der Waals surface area contributed by atoms with Crippen LogP contribution in [0.15, 0.2) is 18.2 Å². The van der Waals surface area contributed by atoms with Crippen molar-refractivity contribution in [2.75, 3.05) is 6.79 Å². The molecule has 1 aromatic carbocycles. The number of ether oxygens (including phenoxy) is 2. The van der Waals surface area contributed by atoms with Crippen LogP contribution in [0.3, 0.4) is 0 Å². The Balaban J connectivity index is 1.59. The van der Waals surface area contributed by atoms with Gasteiger partial charge in [0.1, 0.15) is 11.6 Å². The van der Waals surface area contributed by atoms with Gasteiger partial charge in [-0.1, -0.05) is 6.07 Å². The third-order valence-corrected chi connectivity index (χ3v) is 3.23. The number of hydrogen-bond donors (Lipinski definition) is 1. The summed E-state index contributed by atoms with van der Waals surface area (Å²) in [7, 11) is 1.97. The molecule has 0 aliphatic carbocycles. The second-order valence-electron chi connectivity index (χ2n) is 4.51. The lowest BCUT2D eigenvalue weighted by atomic mass is 10.2. The molecule has 1 N–H and O–H groups in total. The number of fused-ring (bicyclic) bond motifs is 1. The highest BCUT2D eigenvalue weighted by atomic mass is 16.7. The van der Waals surface area contributed by atoms with Crippen LogP contribution in [0.25, 0.3) is 0 Å². The van der Waals surface area contributed by atoms with Crippen LogP contribution in [0, 0.1) is 6.92 Å². The molecule has 0 radical (unpaired) electrons. The second-order valence-corrected chi connectivity index (χ2v) is 4.51. The number of nitrogens with one attached hydrogen (secondary N) is 1. The van der Waals surface area contributed by atoms with E-state index in [2.05, 4.69) is 15.5 Å². The lowest BCUT2D eigenvalue weighted by Crippen LogP contribution is -2.16. The molecule has 0 unspecified atom stereocenters. The van der Waals surface area contributed by atoms with E-state index < -0.39 is 0 Å². The number of aromatic nitrogens is 3. The number of hydrogen-bond acceptors (Lipinski definition) is 5. The molecule has 0 atom stereocenters. The average molecular weight is 260 g/mol. The van der Waals surface area contributed by atoms with Crippen LogP contribution in [0.1, 0.15) is 17.2 Å². The Bertz CT molecular complexity index is 594. The van der Waals surface area contributed by atoms with E-state index in [9.17, 15) is 0 Å². The molecule has 1 aromatic heterocycles. The Morgan fingerprint density at radius 1 is 1.21 bits per heavy atom. The van der Waals surface area contributed by atoms with Crippen molar-refractivity contribution in [2.45, 2.75) is 20.0 Å². The van der Waals surface area contributed by atoms with Crippen molar-refractivity contribution in [2.24, 2.45) is 7.05 Å². The molecule has 19 heavy (non-hydrogen) atoms. The van der Waals surface area contributed by atoms with Gasteiger partial charge in [-0.05, 0) is 24.6 Å². The van der Waals surface area contributed by atoms with E-state index >= 15 is 0 Å². The van der Waals surface area contributed by atoms with Crippen molar-refractivity contribution in [3.63, 3.8) is 0 Å². The first-order valence-corrected chi connectivity index (χ1v) is 6.18. The van der Waals surface area contributed by atoms with Gasteiger partial charge in [-0.15, -0.1) is 10.2 Å². The van der Waals surface area contributed by atoms with Gasteiger partial charge in [0.05, 0.1) is 6.54 Å². The maximum absolute atomic E-state index is 5.35. The van der Waals surface area contributed by atoms with Gasteiger partial charge in [0, 0.05) is 13.6 Å². The molecule has 2 aromatic rings. The molecule has 1 aliphatic heterocycles. The van der Waals surface area contributed by atoms with Gasteiger partial charge in [-0.2, -0.15) is 0 Å². The number of benzene rings is 1. The molecule has 0 fully saturated rings. The Morgan fingerprint density at radius 3 is 2.84 bits per heavy atom. The summed E-state index contributed by atoms with van der Waals surface area (Å²) in [6.07, 6.45) is 0. The Kier molecular flexibility index (Phi) is 3.08. The fourth-order valence-electron chi connectivity index (χ4n) is 1.97. The third kappa shape index (κ3) is 2.39. The van der Waals surface area contributed by atoms with E-state index in [1.807, 2.05) is 36.7 Å². The lowest BCUT2D eigenvalue weighted by Gasteiger charge is -2.06. The van der Waals surface area contributed by atoms with Crippen molar-refractivity contribution in [1.82, 2.24) is 20.1 Å². The molecular weight excluding hydrogens is 244 g/mol. The summed E-state index contributed by atoms with van der Waals surface area (Å²) in [5, 5.41) is 11.5. The van der Waals surface area contributed by atoms with Crippen molar-refractivity contribution in [1.29, 1.82) is 0 Å². The first kappa shape index (κ1) is 12.0. The van der Waals surface area contributed by atoms with Crippen LogP contribution in [0.5, 0.6) is 11.5 Å². The SMILES string of the molecule is Cc1nnc(CNCc2ccc3c(c2)OCO3)n1C. The number of rotatable bonds is 4. The van der Waals surface area contributed by atoms with Crippen LogP contribution >= 0.6 is 0 Å². The summed E-state index contributed by atoms with van der Waals surface area (Å²) in [5.74, 6) is 3.47. The summed E-state index contributed by atoms with van der Waals surface area (Å²) in [4.78, 5) is 0. The average Bonchev–Trinajstić information content (AvgIpc) is 2.99. The fraction of sp³-hybridized carbons (Fsp3) is 0.385. The standard InChI is InChI=1S/C13H16N4O2/c1-9-15-16-13(17(9)2)7-14-6-10-3-4-11-12(5-10)19-8-18-11/h3-5,14H,6-8H2,1-2H3. The highest BCUT2D eigenvalue weighted by Crippen LogP contribution is 2.32. The van der Waals surface area contributed by atoms with Crippen LogP contribution in [0.4, 0.5) is 0 Å². The Morgan fingerprint density at radius 2 is 2.05 bits per heavy atom. The largest absolute Gasteiger partial charge is 0.454 e. The van der Waals surface area contributed by atoms with E-state index in [1.54, 1.807) is 0 Å². The highest BCUT2D eigenvalue weighted by Gasteiger charge is 2.13. The summed E-state index contributed by atoms with van der Waals surface area (Å²) in [5.41, 5.74) is 1.16. The Hall–Kier alpha value is -2.08. The molecule has 1 aliphatic rings. The van der Waals surface area contributed by atoms with Gasteiger partial charge in [0.2, 0.25) is 6.79 Å². The molecule has 100 valence electrons. The maximum Gasteiger partial charge on any atom is 0.231 e. The van der Waals surface area contributed by atoms with Crippen LogP contribution < -0.4 is 14.8 Å². The minimum absolute atomic E-state index is 0.310. The van der Waals surface area contributed by atoms with Gasteiger partial charge >= 0.3 is 0 Å². The molecule has 0 saturated heterocycles. The van der Waals surface area contributed by atoms with E-state index in [0.29, 0.717) is 13.3 Å². The fourth-order valence-corrected chi connectivity index (χ4v) is 1.97. The molecule has 6 nitrogen and oxygen atoms in total. The van der Waals surface area contributed by atoms with Crippen molar-refractivity contribution in [3.8, 4) is 11.5 Å². The summed E-state index contributed by atoms with van der Waals surface area (Å²) in [6, 6.07) is 5.96. The van der Waals surface area contributed by atoms with Gasteiger partial charge in [-0.3, -0.25) is 0 Å². The molecule has 6 heteroatoms. The van der Waals surface area contributed by atoms with Crippen molar-refractivity contribution >= 4 is 0 Å². The molecule has 0 bridgehead atoms. The van der Waals surface area contributed by atoms with E-state index in [-0.39, 0.29) is 0 Å². The normalized spacial score (nSPS) is 12.9. The summed E-state index contributed by atoms with van der Waals surface area (Å²) in [6.45, 7) is 3.69. The first-order valence-electron chi connectivity index (χ1n) is 6.18. The monoisotopic (exact) mass is 260 g/mol. The van der Waals surface area contributed by atoms with Gasteiger partial charge in [0.25, 0.3) is 0 Å². The lowest BCUT2D eigenvalue weighted by molar-refractivity contribution is 0.174. The Labute approximate surface area is 111 Å². The molecule has 0 spiro atoms. The zero-order valence-corrected chi connectivity index (χ0v) is 11.0. The second kappa shape index (κ2) is 4.89. The minimum atomic E-state index is 0.310. The molecule has 0 saturated carbocycles. The van der Waals surface area contributed by atoms with E-state index in [4.69, 9.17) is 9.47 Å². The van der Waals surface area contributed by atoms with Crippen molar-refractivity contribution < 1.29 is 9.47 Å². The third-order valence-electron chi connectivity index (χ3n) is 3.23. The summed E-state index contributed by atoms with van der Waals surface area (Å²) >= 11 is 0. The van der Waals surface area contributed by atoms with Crippen LogP contribution in [-0.2, 0) is 20.1 Å². The maximum atomic E-state index is 5.35. The predicted octanol–water partition coefficient (Wildman–Crippen LogP) is 1.14. The number of nitrogens with zero attached hydrogens (tertiary/aromatic N) is 3. The summed E-state index contributed by atoms with van der Waals surface area (Å²) < 4.78 is 12.6. The van der Waals surface area contributed by atoms with Gasteiger partial charge in [0.15, 0.2) is 11.5 Å². The smallest absolute Gasteiger partial charge is 0.231 e. The molecule has 3 rings (SSSR count). The molecule has 2 heterocycles. The highest BCUT2D eigenvalue weighted by molar-refractivity contribution is 5.44. The van der Waals surface area contributed by atoms with Gasteiger partial charge < -0.3 is 19.4 Å². The van der Waals surface area contributed by atoms with Crippen molar-refractivity contribution in [3.05, 3.63) is 35.4 Å². The topological polar surface area (TPSA) is 61.2 Å². The quantitative estimate of drug-likeness (QED) is 0.893. The number of aryl methyl sites for hydroxylation is 1. The predicted molar refractivity (Wildman–Crippen MR) is 68.8 cm³/mol. The first-order chi connectivity index (χ1) is 9.24. The van der Waals surface area contributed by atoms with E-state index in [0.717, 1.165) is 35.3 Å². The van der Waals surface area contributed by atoms with Crippen LogP contribution in [-0.4, -0.2) is 21.6 Å². The molecular formula is C13H16N4O2. The van der Waals surface area contributed by atoms with Crippen LogP contribution in [0.2, 0.25) is 0 Å². The zero-order chi connectivity index (χ0) is 13.2. The van der Waals surface area contributed by atoms with E-state index in [1.165, 1.54) is 0 Å². The zero-order valence-electron chi connectivity index (χ0n) is 11.0. The van der Waals surface area contributed by atoms with Gasteiger partial charge in [-0.25, -0.2) is 0 Å².